The summed E-state index contributed by atoms with van der Waals surface area (Å²) in [6, 6.07) is 11.2. The van der Waals surface area contributed by atoms with Crippen LogP contribution in [0, 0.1) is 12.7 Å². The molecule has 0 spiro atoms. The van der Waals surface area contributed by atoms with Crippen LogP contribution in [0.4, 0.5) is 4.39 Å². The van der Waals surface area contributed by atoms with Crippen molar-refractivity contribution in [1.82, 2.24) is 4.90 Å². The van der Waals surface area contributed by atoms with Gasteiger partial charge < -0.3 is 14.7 Å². The third-order valence-corrected chi connectivity index (χ3v) is 5.92. The second kappa shape index (κ2) is 9.10. The maximum atomic E-state index is 14.4. The smallest absolute Gasteiger partial charge is 0.126 e. The Morgan fingerprint density at radius 1 is 1.10 bits per heavy atom. The van der Waals surface area contributed by atoms with Gasteiger partial charge in [-0.3, -0.25) is 0 Å². The number of rotatable bonds is 5. The van der Waals surface area contributed by atoms with Crippen LogP contribution in [-0.4, -0.2) is 31.2 Å². The van der Waals surface area contributed by atoms with Gasteiger partial charge in [-0.15, -0.1) is 0 Å². The third kappa shape index (κ3) is 4.71. The average Bonchev–Trinajstić information content (AvgIpc) is 2.88. The van der Waals surface area contributed by atoms with Crippen molar-refractivity contribution in [3.63, 3.8) is 0 Å². The van der Waals surface area contributed by atoms with E-state index in [2.05, 4.69) is 6.08 Å². The van der Waals surface area contributed by atoms with E-state index >= 15 is 0 Å². The molecule has 3 rings (SSSR count). The summed E-state index contributed by atoms with van der Waals surface area (Å²) in [6.45, 7) is 2.40. The summed E-state index contributed by atoms with van der Waals surface area (Å²) in [5, 5.41) is 12.0. The van der Waals surface area contributed by atoms with Crippen LogP contribution in [0.15, 0.2) is 42.0 Å². The molecule has 156 valence electrons. The van der Waals surface area contributed by atoms with E-state index in [9.17, 15) is 9.50 Å². The van der Waals surface area contributed by atoms with Gasteiger partial charge in [-0.05, 0) is 92.7 Å². The first kappa shape index (κ1) is 21.5. The first-order valence-electron chi connectivity index (χ1n) is 10.4. The van der Waals surface area contributed by atoms with Crippen molar-refractivity contribution in [2.45, 2.75) is 51.2 Å². The standard InChI is InChI=1S/C25H32FNO2/c1-18-22(17-27(2)3)23(13-14-24(18)26)25(28)15-7-5-6-8-20(25)16-19-9-11-21(29-4)12-10-19/h9-14,16,28H,5-8,15,17H2,1-4H3. The van der Waals surface area contributed by atoms with E-state index in [-0.39, 0.29) is 5.82 Å². The molecule has 3 nitrogen and oxygen atoms in total. The summed E-state index contributed by atoms with van der Waals surface area (Å²) in [5.74, 6) is 0.592. The van der Waals surface area contributed by atoms with Gasteiger partial charge >= 0.3 is 0 Å². The van der Waals surface area contributed by atoms with E-state index in [0.717, 1.165) is 53.7 Å². The topological polar surface area (TPSA) is 32.7 Å². The third-order valence-electron chi connectivity index (χ3n) is 5.92. The van der Waals surface area contributed by atoms with E-state index in [1.807, 2.05) is 50.2 Å². The van der Waals surface area contributed by atoms with Crippen LogP contribution < -0.4 is 4.74 Å². The molecule has 0 aromatic heterocycles. The molecule has 1 saturated carbocycles. The highest BCUT2D eigenvalue weighted by molar-refractivity contribution is 5.58. The molecule has 2 aromatic rings. The van der Waals surface area contributed by atoms with Gasteiger partial charge in [-0.2, -0.15) is 0 Å². The van der Waals surface area contributed by atoms with Crippen molar-refractivity contribution in [3.05, 3.63) is 70.0 Å². The van der Waals surface area contributed by atoms with Crippen LogP contribution >= 0.6 is 0 Å². The summed E-state index contributed by atoms with van der Waals surface area (Å²) >= 11 is 0. The predicted molar refractivity (Wildman–Crippen MR) is 116 cm³/mol. The predicted octanol–water partition coefficient (Wildman–Crippen LogP) is 5.44. The van der Waals surface area contributed by atoms with Crippen LogP contribution in [0.2, 0.25) is 0 Å². The van der Waals surface area contributed by atoms with Gasteiger partial charge in [0.25, 0.3) is 0 Å². The molecule has 1 aliphatic rings. The van der Waals surface area contributed by atoms with Crippen molar-refractivity contribution in [3.8, 4) is 5.75 Å². The molecule has 0 saturated heterocycles. The molecule has 0 amide bonds. The molecule has 4 heteroatoms. The van der Waals surface area contributed by atoms with E-state index in [0.29, 0.717) is 18.5 Å². The lowest BCUT2D eigenvalue weighted by molar-refractivity contribution is 0.0649. The summed E-state index contributed by atoms with van der Waals surface area (Å²) in [6.07, 6.45) is 6.68. The van der Waals surface area contributed by atoms with Crippen molar-refractivity contribution >= 4 is 6.08 Å². The molecule has 1 fully saturated rings. The molecule has 29 heavy (non-hydrogen) atoms. The van der Waals surface area contributed by atoms with Crippen LogP contribution in [0.3, 0.4) is 0 Å². The van der Waals surface area contributed by atoms with E-state index in [4.69, 9.17) is 4.74 Å². The quantitative estimate of drug-likeness (QED) is 0.682. The minimum absolute atomic E-state index is 0.219. The normalized spacial score (nSPS) is 21.4. The van der Waals surface area contributed by atoms with Crippen LogP contribution in [0.5, 0.6) is 5.75 Å². The lowest BCUT2D eigenvalue weighted by Crippen LogP contribution is -2.30. The zero-order chi connectivity index (χ0) is 21.0. The molecule has 0 radical (unpaired) electrons. The van der Waals surface area contributed by atoms with Crippen molar-refractivity contribution < 1.29 is 14.2 Å². The fourth-order valence-corrected chi connectivity index (χ4v) is 4.28. The molecule has 1 N–H and O–H groups in total. The van der Waals surface area contributed by atoms with Crippen molar-refractivity contribution in [2.24, 2.45) is 0 Å². The molecule has 1 aliphatic carbocycles. The maximum Gasteiger partial charge on any atom is 0.126 e. The highest BCUT2D eigenvalue weighted by atomic mass is 19.1. The Balaban J connectivity index is 2.12. The lowest BCUT2D eigenvalue weighted by Gasteiger charge is -2.34. The number of nitrogens with zero attached hydrogens (tertiary/aromatic N) is 1. The maximum absolute atomic E-state index is 14.4. The van der Waals surface area contributed by atoms with E-state index in [1.165, 1.54) is 6.07 Å². The minimum Gasteiger partial charge on any atom is -0.497 e. The zero-order valence-corrected chi connectivity index (χ0v) is 18.0. The van der Waals surface area contributed by atoms with Crippen molar-refractivity contribution in [2.75, 3.05) is 21.2 Å². The minimum atomic E-state index is -1.08. The second-order valence-electron chi connectivity index (χ2n) is 8.30. The van der Waals surface area contributed by atoms with Gasteiger partial charge in [0, 0.05) is 6.54 Å². The Morgan fingerprint density at radius 2 is 1.83 bits per heavy atom. The van der Waals surface area contributed by atoms with Crippen molar-refractivity contribution in [1.29, 1.82) is 0 Å². The Kier molecular flexibility index (Phi) is 6.76. The monoisotopic (exact) mass is 397 g/mol. The van der Waals surface area contributed by atoms with Gasteiger partial charge in [-0.25, -0.2) is 4.39 Å². The van der Waals surface area contributed by atoms with Gasteiger partial charge in [0.1, 0.15) is 17.2 Å². The average molecular weight is 398 g/mol. The number of hydrogen-bond donors (Lipinski definition) is 1. The van der Waals surface area contributed by atoms with E-state index in [1.54, 1.807) is 13.2 Å². The summed E-state index contributed by atoms with van der Waals surface area (Å²) in [7, 11) is 5.60. The summed E-state index contributed by atoms with van der Waals surface area (Å²) < 4.78 is 19.6. The largest absolute Gasteiger partial charge is 0.497 e. The molecule has 0 aliphatic heterocycles. The first-order chi connectivity index (χ1) is 13.8. The number of methoxy groups -OCH3 is 1. The number of aliphatic hydroxyl groups is 1. The van der Waals surface area contributed by atoms with Gasteiger partial charge in [0.05, 0.1) is 7.11 Å². The molecule has 2 aromatic carbocycles. The number of benzene rings is 2. The van der Waals surface area contributed by atoms with Gasteiger partial charge in [-0.1, -0.05) is 30.7 Å². The fraction of sp³-hybridized carbons (Fsp3) is 0.440. The highest BCUT2D eigenvalue weighted by Crippen LogP contribution is 2.43. The Hall–Kier alpha value is -2.17. The van der Waals surface area contributed by atoms with Crippen LogP contribution in [-0.2, 0) is 12.1 Å². The zero-order valence-electron chi connectivity index (χ0n) is 18.0. The van der Waals surface area contributed by atoms with E-state index < -0.39 is 5.60 Å². The molecule has 0 heterocycles. The number of ether oxygens (including phenoxy) is 1. The highest BCUT2D eigenvalue weighted by Gasteiger charge is 2.37. The Morgan fingerprint density at radius 3 is 2.48 bits per heavy atom. The lowest BCUT2D eigenvalue weighted by atomic mass is 9.78. The second-order valence-corrected chi connectivity index (χ2v) is 8.30. The molecule has 0 bridgehead atoms. The fourth-order valence-electron chi connectivity index (χ4n) is 4.28. The molecule has 1 unspecified atom stereocenters. The van der Waals surface area contributed by atoms with Gasteiger partial charge in [0.15, 0.2) is 0 Å². The first-order valence-corrected chi connectivity index (χ1v) is 10.4. The molecular formula is C25H32FNO2. The summed E-state index contributed by atoms with van der Waals surface area (Å²) in [5.41, 5.74) is 3.31. The summed E-state index contributed by atoms with van der Waals surface area (Å²) in [4.78, 5) is 2.03. The SMILES string of the molecule is COc1ccc(C=C2CCCCCC2(O)c2ccc(F)c(C)c2CN(C)C)cc1. The number of halogens is 1. The Bertz CT molecular complexity index is 873. The number of hydrogen-bond acceptors (Lipinski definition) is 3. The van der Waals surface area contributed by atoms with Gasteiger partial charge in [0.2, 0.25) is 0 Å². The Labute approximate surface area is 173 Å². The van der Waals surface area contributed by atoms with Crippen LogP contribution in [0.25, 0.3) is 6.08 Å². The van der Waals surface area contributed by atoms with Crippen LogP contribution in [0.1, 0.15) is 54.4 Å². The molecule has 1 atom stereocenters. The molecular weight excluding hydrogens is 365 g/mol.